The normalized spacial score (nSPS) is 11.2. The van der Waals surface area contributed by atoms with E-state index in [1.165, 1.54) is 0 Å². The Hall–Kier alpha value is -5.02. The van der Waals surface area contributed by atoms with Gasteiger partial charge in [-0.1, -0.05) is 97.1 Å². The van der Waals surface area contributed by atoms with E-state index in [9.17, 15) is 0 Å². The summed E-state index contributed by atoms with van der Waals surface area (Å²) < 4.78 is 0. The average molecular weight is 474 g/mol. The standard InChI is InChI=1S/C34H23N3/c1-2-13-25(14-3-1)37(34-26-15-5-4-12-24(26)21-23-36-34)33-29-18-8-6-16-27(29)32(31-20-10-11-22-35-31)28-17-7-9-19-30(28)33/h1-23H. The summed E-state index contributed by atoms with van der Waals surface area (Å²) in [6.45, 7) is 0. The van der Waals surface area contributed by atoms with E-state index in [0.717, 1.165) is 60.8 Å². The first-order chi connectivity index (χ1) is 18.4. The zero-order chi connectivity index (χ0) is 24.6. The summed E-state index contributed by atoms with van der Waals surface area (Å²) in [5.74, 6) is 0.908. The Morgan fingerprint density at radius 3 is 1.70 bits per heavy atom. The van der Waals surface area contributed by atoms with Crippen LogP contribution in [0.15, 0.2) is 140 Å². The van der Waals surface area contributed by atoms with Gasteiger partial charge in [-0.25, -0.2) is 4.98 Å². The molecule has 2 heterocycles. The Morgan fingerprint density at radius 1 is 0.432 bits per heavy atom. The van der Waals surface area contributed by atoms with Crippen molar-refractivity contribution in [3.05, 3.63) is 140 Å². The van der Waals surface area contributed by atoms with Gasteiger partial charge in [-0.15, -0.1) is 0 Å². The van der Waals surface area contributed by atoms with E-state index >= 15 is 0 Å². The Balaban J connectivity index is 1.66. The Morgan fingerprint density at radius 2 is 1.03 bits per heavy atom. The van der Waals surface area contributed by atoms with E-state index in [0.29, 0.717) is 0 Å². The number of benzene rings is 5. The van der Waals surface area contributed by atoms with Crippen molar-refractivity contribution in [3.63, 3.8) is 0 Å². The van der Waals surface area contributed by atoms with Crippen LogP contribution in [-0.2, 0) is 0 Å². The molecule has 37 heavy (non-hydrogen) atoms. The van der Waals surface area contributed by atoms with Gasteiger partial charge in [-0.2, -0.15) is 0 Å². The molecule has 0 saturated carbocycles. The Kier molecular flexibility index (Phi) is 5.11. The van der Waals surface area contributed by atoms with E-state index in [1.54, 1.807) is 0 Å². The van der Waals surface area contributed by atoms with Gasteiger partial charge in [0.25, 0.3) is 0 Å². The highest BCUT2D eigenvalue weighted by atomic mass is 15.2. The lowest BCUT2D eigenvalue weighted by atomic mass is 9.92. The number of aromatic nitrogens is 2. The van der Waals surface area contributed by atoms with Crippen LogP contribution in [0.3, 0.4) is 0 Å². The van der Waals surface area contributed by atoms with Crippen LogP contribution in [0.4, 0.5) is 17.2 Å². The summed E-state index contributed by atoms with van der Waals surface area (Å²) in [7, 11) is 0. The first kappa shape index (κ1) is 21.3. The van der Waals surface area contributed by atoms with Gasteiger partial charge < -0.3 is 0 Å². The summed E-state index contributed by atoms with van der Waals surface area (Å²) in [5, 5.41) is 6.90. The van der Waals surface area contributed by atoms with Crippen LogP contribution in [0.2, 0.25) is 0 Å². The minimum Gasteiger partial charge on any atom is -0.293 e. The molecular weight excluding hydrogens is 450 g/mol. The molecule has 7 rings (SSSR count). The second-order valence-electron chi connectivity index (χ2n) is 9.06. The van der Waals surface area contributed by atoms with E-state index in [2.05, 4.69) is 126 Å². The molecule has 0 aliphatic carbocycles. The van der Waals surface area contributed by atoms with E-state index in [4.69, 9.17) is 9.97 Å². The van der Waals surface area contributed by atoms with Gasteiger partial charge in [-0.3, -0.25) is 9.88 Å². The summed E-state index contributed by atoms with van der Waals surface area (Å²) in [5.41, 5.74) is 4.29. The summed E-state index contributed by atoms with van der Waals surface area (Å²) >= 11 is 0. The fourth-order valence-electron chi connectivity index (χ4n) is 5.35. The molecular formula is C34H23N3. The van der Waals surface area contributed by atoms with Crippen molar-refractivity contribution < 1.29 is 0 Å². The largest absolute Gasteiger partial charge is 0.293 e. The van der Waals surface area contributed by atoms with Crippen molar-refractivity contribution in [2.24, 2.45) is 0 Å². The lowest BCUT2D eigenvalue weighted by Crippen LogP contribution is -2.13. The molecule has 2 aromatic heterocycles. The van der Waals surface area contributed by atoms with Gasteiger partial charge >= 0.3 is 0 Å². The average Bonchev–Trinajstić information content (AvgIpc) is 2.98. The van der Waals surface area contributed by atoms with Crippen LogP contribution in [0.1, 0.15) is 0 Å². The van der Waals surface area contributed by atoms with Crippen molar-refractivity contribution in [1.29, 1.82) is 0 Å². The second-order valence-corrected chi connectivity index (χ2v) is 9.06. The molecule has 0 aliphatic rings. The lowest BCUT2D eigenvalue weighted by molar-refractivity contribution is 1.21. The van der Waals surface area contributed by atoms with Crippen LogP contribution in [0, 0.1) is 0 Å². The van der Waals surface area contributed by atoms with Gasteiger partial charge in [0.05, 0.1) is 11.4 Å². The third-order valence-electron chi connectivity index (χ3n) is 6.93. The van der Waals surface area contributed by atoms with Crippen LogP contribution in [0.25, 0.3) is 43.6 Å². The topological polar surface area (TPSA) is 29.0 Å². The molecule has 7 aromatic rings. The minimum atomic E-state index is 0.908. The maximum atomic E-state index is 4.97. The SMILES string of the molecule is c1ccc(N(c2nccc3ccccc23)c2c3ccccc3c(-c3ccccn3)c3ccccc23)cc1. The number of para-hydroxylation sites is 1. The molecule has 3 nitrogen and oxygen atoms in total. The minimum absolute atomic E-state index is 0.908. The molecule has 0 radical (unpaired) electrons. The predicted octanol–water partition coefficient (Wildman–Crippen LogP) is 9.07. The number of hydrogen-bond donors (Lipinski definition) is 0. The second kappa shape index (κ2) is 8.89. The third kappa shape index (κ3) is 3.52. The summed E-state index contributed by atoms with van der Waals surface area (Å²) in [4.78, 5) is 12.0. The first-order valence-electron chi connectivity index (χ1n) is 12.4. The molecule has 0 saturated heterocycles. The maximum absolute atomic E-state index is 4.97. The predicted molar refractivity (Wildman–Crippen MR) is 155 cm³/mol. The highest BCUT2D eigenvalue weighted by molar-refractivity contribution is 6.22. The molecule has 0 fully saturated rings. The molecule has 0 aliphatic heterocycles. The Labute approximate surface area is 215 Å². The van der Waals surface area contributed by atoms with Crippen LogP contribution >= 0.6 is 0 Å². The molecule has 0 bridgehead atoms. The molecule has 0 unspecified atom stereocenters. The number of anilines is 3. The van der Waals surface area contributed by atoms with Crippen LogP contribution in [-0.4, -0.2) is 9.97 Å². The van der Waals surface area contributed by atoms with Crippen LogP contribution in [0.5, 0.6) is 0 Å². The number of rotatable bonds is 4. The van der Waals surface area contributed by atoms with E-state index in [-0.39, 0.29) is 0 Å². The molecule has 174 valence electrons. The number of fused-ring (bicyclic) bond motifs is 3. The molecule has 0 atom stereocenters. The fraction of sp³-hybridized carbons (Fsp3) is 0. The highest BCUT2D eigenvalue weighted by Crippen LogP contribution is 2.48. The van der Waals surface area contributed by atoms with E-state index in [1.807, 2.05) is 18.5 Å². The zero-order valence-electron chi connectivity index (χ0n) is 20.1. The van der Waals surface area contributed by atoms with Crippen LogP contribution < -0.4 is 4.90 Å². The van der Waals surface area contributed by atoms with E-state index < -0.39 is 0 Å². The number of pyridine rings is 2. The number of nitrogens with zero attached hydrogens (tertiary/aromatic N) is 3. The third-order valence-corrected chi connectivity index (χ3v) is 6.93. The summed E-state index contributed by atoms with van der Waals surface area (Å²) in [6.07, 6.45) is 3.77. The molecule has 3 heteroatoms. The quantitative estimate of drug-likeness (QED) is 0.239. The van der Waals surface area contributed by atoms with Crippen molar-refractivity contribution in [1.82, 2.24) is 9.97 Å². The highest BCUT2D eigenvalue weighted by Gasteiger charge is 2.23. The van der Waals surface area contributed by atoms with Gasteiger partial charge in [0.2, 0.25) is 0 Å². The smallest absolute Gasteiger partial charge is 0.145 e. The molecule has 0 N–H and O–H groups in total. The number of hydrogen-bond acceptors (Lipinski definition) is 3. The van der Waals surface area contributed by atoms with Crippen molar-refractivity contribution in [2.75, 3.05) is 4.90 Å². The van der Waals surface area contributed by atoms with Gasteiger partial charge in [0, 0.05) is 39.8 Å². The van der Waals surface area contributed by atoms with Gasteiger partial charge in [-0.05, 0) is 46.5 Å². The molecule has 0 spiro atoms. The summed E-state index contributed by atoms with van der Waals surface area (Å²) in [6, 6.07) is 44.4. The van der Waals surface area contributed by atoms with Crippen molar-refractivity contribution in [2.45, 2.75) is 0 Å². The van der Waals surface area contributed by atoms with Gasteiger partial charge in [0.1, 0.15) is 5.82 Å². The monoisotopic (exact) mass is 473 g/mol. The van der Waals surface area contributed by atoms with Crippen molar-refractivity contribution in [3.8, 4) is 11.3 Å². The van der Waals surface area contributed by atoms with Crippen molar-refractivity contribution >= 4 is 49.5 Å². The first-order valence-corrected chi connectivity index (χ1v) is 12.4. The molecule has 0 amide bonds. The van der Waals surface area contributed by atoms with Gasteiger partial charge in [0.15, 0.2) is 0 Å². The lowest BCUT2D eigenvalue weighted by Gasteiger charge is -2.29. The fourth-order valence-corrected chi connectivity index (χ4v) is 5.35. The zero-order valence-corrected chi connectivity index (χ0v) is 20.1. The maximum Gasteiger partial charge on any atom is 0.145 e. The Bertz CT molecular complexity index is 1820. The molecule has 5 aromatic carbocycles.